The number of halogens is 1. The van der Waals surface area contributed by atoms with Crippen LogP contribution in [0.2, 0.25) is 0 Å². The summed E-state index contributed by atoms with van der Waals surface area (Å²) in [7, 11) is -3.50. The van der Waals surface area contributed by atoms with Crippen molar-refractivity contribution in [1.82, 2.24) is 13.5 Å². The summed E-state index contributed by atoms with van der Waals surface area (Å²) in [5, 5.41) is 9.73. The maximum absolute atomic E-state index is 13.9. The Morgan fingerprint density at radius 3 is 2.30 bits per heavy atom. The zero-order valence-corrected chi connectivity index (χ0v) is 16.3. The van der Waals surface area contributed by atoms with E-state index in [2.05, 4.69) is 0 Å². The van der Waals surface area contributed by atoms with E-state index >= 15 is 0 Å². The minimum Gasteiger partial charge on any atom is -0.480 e. The van der Waals surface area contributed by atoms with Crippen LogP contribution in [0.3, 0.4) is 0 Å². The van der Waals surface area contributed by atoms with Gasteiger partial charge in [0.05, 0.1) is 0 Å². The van der Waals surface area contributed by atoms with Crippen molar-refractivity contribution in [3.63, 3.8) is 0 Å². The van der Waals surface area contributed by atoms with Gasteiger partial charge in [0, 0.05) is 39.3 Å². The lowest BCUT2D eigenvalue weighted by molar-refractivity contribution is -0.143. The lowest BCUT2D eigenvalue weighted by atomic mass is 10.0. The first kappa shape index (κ1) is 20.2. The summed E-state index contributed by atoms with van der Waals surface area (Å²) in [6.45, 7) is 4.05. The fourth-order valence-corrected chi connectivity index (χ4v) is 5.49. The first-order chi connectivity index (χ1) is 12.8. The molecule has 2 fully saturated rings. The third-order valence-electron chi connectivity index (χ3n) is 5.32. The Labute approximate surface area is 159 Å². The van der Waals surface area contributed by atoms with Crippen molar-refractivity contribution in [1.29, 1.82) is 0 Å². The van der Waals surface area contributed by atoms with E-state index in [4.69, 9.17) is 0 Å². The third-order valence-corrected chi connectivity index (χ3v) is 7.35. The first-order valence-electron chi connectivity index (χ1n) is 9.29. The molecule has 1 unspecified atom stereocenters. The van der Waals surface area contributed by atoms with Gasteiger partial charge in [0.25, 0.3) is 10.2 Å². The summed E-state index contributed by atoms with van der Waals surface area (Å²) >= 11 is 0. The molecule has 7 nitrogen and oxygen atoms in total. The molecule has 1 aromatic rings. The van der Waals surface area contributed by atoms with Gasteiger partial charge in [0.15, 0.2) is 0 Å². The molecule has 2 aliphatic rings. The highest BCUT2D eigenvalue weighted by atomic mass is 32.2. The van der Waals surface area contributed by atoms with Gasteiger partial charge in [-0.3, -0.25) is 9.69 Å². The molecule has 1 N–H and O–H groups in total. The zero-order valence-electron chi connectivity index (χ0n) is 15.5. The van der Waals surface area contributed by atoms with E-state index < -0.39 is 28.0 Å². The van der Waals surface area contributed by atoms with Crippen LogP contribution in [0, 0.1) is 12.7 Å². The predicted molar refractivity (Wildman–Crippen MR) is 99.0 cm³/mol. The Bertz CT molecular complexity index is 796. The van der Waals surface area contributed by atoms with Gasteiger partial charge in [-0.25, -0.2) is 4.39 Å². The number of aliphatic carboxylic acids is 1. The molecule has 2 aliphatic heterocycles. The van der Waals surface area contributed by atoms with Gasteiger partial charge >= 0.3 is 5.97 Å². The summed E-state index contributed by atoms with van der Waals surface area (Å²) in [5.41, 5.74) is 0.836. The number of carbonyl (C=O) groups is 1. The average molecular weight is 399 g/mol. The van der Waals surface area contributed by atoms with E-state index in [-0.39, 0.29) is 6.54 Å². The Kier molecular flexibility index (Phi) is 6.15. The lowest BCUT2D eigenvalue weighted by Crippen LogP contribution is -2.44. The third kappa shape index (κ3) is 4.31. The Balaban J connectivity index is 1.76. The number of carboxylic acid groups (broad SMARTS) is 1. The van der Waals surface area contributed by atoms with E-state index in [0.717, 1.165) is 12.8 Å². The number of rotatable bonds is 5. The van der Waals surface area contributed by atoms with Crippen LogP contribution in [0.1, 0.15) is 36.4 Å². The molecule has 9 heteroatoms. The van der Waals surface area contributed by atoms with Crippen LogP contribution < -0.4 is 0 Å². The second-order valence-electron chi connectivity index (χ2n) is 7.15. The molecule has 0 bridgehead atoms. The molecule has 3 rings (SSSR count). The van der Waals surface area contributed by atoms with Crippen LogP contribution in [0.15, 0.2) is 18.2 Å². The van der Waals surface area contributed by atoms with Crippen molar-refractivity contribution < 1.29 is 22.7 Å². The van der Waals surface area contributed by atoms with Crippen molar-refractivity contribution in [2.45, 2.75) is 32.2 Å². The molecule has 0 saturated carbocycles. The molecular weight excluding hydrogens is 373 g/mol. The second kappa shape index (κ2) is 8.22. The molecule has 2 heterocycles. The summed E-state index contributed by atoms with van der Waals surface area (Å²) < 4.78 is 42.4. The van der Waals surface area contributed by atoms with Crippen LogP contribution >= 0.6 is 0 Å². The normalized spacial score (nSPS) is 21.9. The quantitative estimate of drug-likeness (QED) is 0.814. The molecule has 0 aromatic heterocycles. The number of benzene rings is 1. The van der Waals surface area contributed by atoms with E-state index in [9.17, 15) is 22.7 Å². The fourth-order valence-electron chi connectivity index (χ4n) is 3.77. The van der Waals surface area contributed by atoms with Crippen LogP contribution in [0.4, 0.5) is 4.39 Å². The van der Waals surface area contributed by atoms with E-state index in [1.165, 1.54) is 14.7 Å². The number of hydrogen-bond donors (Lipinski definition) is 1. The molecule has 0 spiro atoms. The number of carboxylic acids is 1. The predicted octanol–water partition coefficient (Wildman–Crippen LogP) is 1.61. The molecule has 0 aliphatic carbocycles. The SMILES string of the molecule is Cc1ccc(C(C(=O)O)N2CCCN(S(=O)(=O)N3CCCC3)CC2)cc1F. The topological polar surface area (TPSA) is 81.2 Å². The van der Waals surface area contributed by atoms with Gasteiger partial charge in [-0.1, -0.05) is 12.1 Å². The molecule has 27 heavy (non-hydrogen) atoms. The minimum atomic E-state index is -3.50. The Morgan fingerprint density at radius 2 is 1.67 bits per heavy atom. The van der Waals surface area contributed by atoms with Gasteiger partial charge in [0.1, 0.15) is 11.9 Å². The maximum Gasteiger partial charge on any atom is 0.325 e. The largest absolute Gasteiger partial charge is 0.480 e. The molecule has 0 amide bonds. The second-order valence-corrected chi connectivity index (χ2v) is 9.08. The maximum atomic E-state index is 13.9. The average Bonchev–Trinajstić information content (AvgIpc) is 3.05. The summed E-state index contributed by atoms with van der Waals surface area (Å²) in [6.07, 6.45) is 2.28. The van der Waals surface area contributed by atoms with Crippen molar-refractivity contribution in [2.24, 2.45) is 0 Å². The molecule has 2 saturated heterocycles. The Morgan fingerprint density at radius 1 is 1.04 bits per heavy atom. The summed E-state index contributed by atoms with van der Waals surface area (Å²) in [5.74, 6) is -1.50. The molecular formula is C18H26FN3O4S. The van der Waals surface area contributed by atoms with Crippen molar-refractivity contribution in [2.75, 3.05) is 39.3 Å². The van der Waals surface area contributed by atoms with E-state index in [1.807, 2.05) is 0 Å². The van der Waals surface area contributed by atoms with Gasteiger partial charge < -0.3 is 5.11 Å². The van der Waals surface area contributed by atoms with Crippen LogP contribution in [0.5, 0.6) is 0 Å². The molecule has 1 aromatic carbocycles. The van der Waals surface area contributed by atoms with Crippen molar-refractivity contribution in [3.05, 3.63) is 35.1 Å². The number of aryl methyl sites for hydroxylation is 1. The zero-order chi connectivity index (χ0) is 19.6. The van der Waals surface area contributed by atoms with Crippen LogP contribution in [0.25, 0.3) is 0 Å². The number of nitrogens with zero attached hydrogens (tertiary/aromatic N) is 3. The van der Waals surface area contributed by atoms with Gasteiger partial charge in [-0.05, 0) is 43.4 Å². The van der Waals surface area contributed by atoms with Crippen molar-refractivity contribution >= 4 is 16.2 Å². The van der Waals surface area contributed by atoms with E-state index in [0.29, 0.717) is 50.3 Å². The monoisotopic (exact) mass is 399 g/mol. The van der Waals surface area contributed by atoms with Gasteiger partial charge in [-0.2, -0.15) is 17.0 Å². The fraction of sp³-hybridized carbons (Fsp3) is 0.611. The molecule has 150 valence electrons. The smallest absolute Gasteiger partial charge is 0.325 e. The highest BCUT2D eigenvalue weighted by Crippen LogP contribution is 2.26. The number of hydrogen-bond acceptors (Lipinski definition) is 4. The van der Waals surface area contributed by atoms with Crippen LogP contribution in [-0.2, 0) is 15.0 Å². The van der Waals surface area contributed by atoms with E-state index in [1.54, 1.807) is 24.0 Å². The van der Waals surface area contributed by atoms with Gasteiger partial charge in [0.2, 0.25) is 0 Å². The summed E-state index contributed by atoms with van der Waals surface area (Å²) in [6, 6.07) is 3.47. The van der Waals surface area contributed by atoms with Crippen LogP contribution in [-0.4, -0.2) is 72.3 Å². The first-order valence-corrected chi connectivity index (χ1v) is 10.7. The summed E-state index contributed by atoms with van der Waals surface area (Å²) in [4.78, 5) is 13.6. The van der Waals surface area contributed by atoms with Gasteiger partial charge in [-0.15, -0.1) is 0 Å². The minimum absolute atomic E-state index is 0.233. The van der Waals surface area contributed by atoms with Crippen molar-refractivity contribution in [3.8, 4) is 0 Å². The highest BCUT2D eigenvalue weighted by molar-refractivity contribution is 7.86. The molecule has 0 radical (unpaired) electrons. The lowest BCUT2D eigenvalue weighted by Gasteiger charge is -2.29. The highest BCUT2D eigenvalue weighted by Gasteiger charge is 2.35. The Hall–Kier alpha value is -1.55. The molecule has 1 atom stereocenters. The standard InChI is InChI=1S/C18H26FN3O4S/c1-14-5-6-15(13-16(14)19)17(18(23)24)20-7-4-10-22(12-11-20)27(25,26)21-8-2-3-9-21/h5-6,13,17H,2-4,7-12H2,1H3,(H,23,24).